The number of carbonyl (C=O) groups excluding carboxylic acids is 1. The number of rotatable bonds is 8. The second-order valence-corrected chi connectivity index (χ2v) is 4.79. The summed E-state index contributed by atoms with van der Waals surface area (Å²) in [4.78, 5) is 11.5. The number of carbonyl (C=O) groups is 1. The van der Waals surface area contributed by atoms with Crippen molar-refractivity contribution in [1.82, 2.24) is 0 Å². The van der Waals surface area contributed by atoms with Gasteiger partial charge in [-0.2, -0.15) is 0 Å². The SMILES string of the molecule is CCOC(=O)c1ccc(OCCOCC(C)C)c(N)c1. The van der Waals surface area contributed by atoms with E-state index in [0.717, 1.165) is 0 Å². The van der Waals surface area contributed by atoms with Gasteiger partial charge < -0.3 is 19.9 Å². The molecule has 0 amide bonds. The first-order valence-electron chi connectivity index (χ1n) is 6.81. The van der Waals surface area contributed by atoms with E-state index in [0.29, 0.717) is 49.3 Å². The van der Waals surface area contributed by atoms with E-state index >= 15 is 0 Å². The molecule has 0 aliphatic rings. The van der Waals surface area contributed by atoms with Crippen molar-refractivity contribution in [3.8, 4) is 5.75 Å². The van der Waals surface area contributed by atoms with Gasteiger partial charge in [-0.05, 0) is 31.0 Å². The highest BCUT2D eigenvalue weighted by Gasteiger charge is 2.09. The van der Waals surface area contributed by atoms with Crippen LogP contribution in [0.5, 0.6) is 5.75 Å². The summed E-state index contributed by atoms with van der Waals surface area (Å²) in [6.07, 6.45) is 0. The standard InChI is InChI=1S/C15H23NO4/c1-4-19-15(17)12-5-6-14(13(16)9-12)20-8-7-18-10-11(2)3/h5-6,9,11H,4,7-8,10,16H2,1-3H3. The van der Waals surface area contributed by atoms with Crippen LogP contribution in [-0.2, 0) is 9.47 Å². The summed E-state index contributed by atoms with van der Waals surface area (Å²) in [6.45, 7) is 7.92. The van der Waals surface area contributed by atoms with Crippen LogP contribution < -0.4 is 10.5 Å². The van der Waals surface area contributed by atoms with Crippen LogP contribution in [-0.4, -0.2) is 32.4 Å². The molecule has 0 aliphatic heterocycles. The van der Waals surface area contributed by atoms with Gasteiger partial charge in [0.15, 0.2) is 0 Å². The van der Waals surface area contributed by atoms with Crippen molar-refractivity contribution in [1.29, 1.82) is 0 Å². The van der Waals surface area contributed by atoms with E-state index in [-0.39, 0.29) is 5.97 Å². The third kappa shape index (κ3) is 5.48. The molecule has 0 saturated carbocycles. The number of nitrogen functional groups attached to an aromatic ring is 1. The van der Waals surface area contributed by atoms with Crippen molar-refractivity contribution < 1.29 is 19.0 Å². The van der Waals surface area contributed by atoms with Crippen LogP contribution in [0.2, 0.25) is 0 Å². The molecule has 5 heteroatoms. The van der Waals surface area contributed by atoms with Gasteiger partial charge in [0.2, 0.25) is 0 Å². The van der Waals surface area contributed by atoms with Crippen LogP contribution in [0, 0.1) is 5.92 Å². The Morgan fingerprint density at radius 1 is 1.30 bits per heavy atom. The summed E-state index contributed by atoms with van der Waals surface area (Å²) < 4.78 is 15.8. The molecule has 0 bridgehead atoms. The maximum atomic E-state index is 11.5. The van der Waals surface area contributed by atoms with Crippen LogP contribution >= 0.6 is 0 Å². The van der Waals surface area contributed by atoms with E-state index in [9.17, 15) is 4.79 Å². The summed E-state index contributed by atoms with van der Waals surface area (Å²) in [5.41, 5.74) is 6.68. The largest absolute Gasteiger partial charge is 0.489 e. The van der Waals surface area contributed by atoms with Crippen molar-refractivity contribution in [3.63, 3.8) is 0 Å². The molecule has 1 aromatic carbocycles. The minimum Gasteiger partial charge on any atom is -0.489 e. The number of hydrogen-bond donors (Lipinski definition) is 1. The lowest BCUT2D eigenvalue weighted by Gasteiger charge is -2.11. The summed E-state index contributed by atoms with van der Waals surface area (Å²) in [5, 5.41) is 0. The van der Waals surface area contributed by atoms with Crippen molar-refractivity contribution in [2.24, 2.45) is 5.92 Å². The Morgan fingerprint density at radius 3 is 2.65 bits per heavy atom. The van der Waals surface area contributed by atoms with Crippen molar-refractivity contribution in [3.05, 3.63) is 23.8 Å². The number of anilines is 1. The minimum atomic E-state index is -0.383. The van der Waals surface area contributed by atoms with Gasteiger partial charge in [-0.1, -0.05) is 13.8 Å². The molecule has 20 heavy (non-hydrogen) atoms. The highest BCUT2D eigenvalue weighted by molar-refractivity contribution is 5.91. The molecule has 0 atom stereocenters. The minimum absolute atomic E-state index is 0.337. The van der Waals surface area contributed by atoms with Crippen LogP contribution in [0.4, 0.5) is 5.69 Å². The molecule has 0 fully saturated rings. The highest BCUT2D eigenvalue weighted by atomic mass is 16.5. The molecule has 0 spiro atoms. The lowest BCUT2D eigenvalue weighted by Crippen LogP contribution is -2.11. The van der Waals surface area contributed by atoms with Crippen LogP contribution in [0.1, 0.15) is 31.1 Å². The molecule has 2 N–H and O–H groups in total. The van der Waals surface area contributed by atoms with Gasteiger partial charge in [-0.25, -0.2) is 4.79 Å². The molecule has 112 valence electrons. The second kappa shape index (κ2) is 8.43. The number of benzene rings is 1. The Kier molecular flexibility index (Phi) is 6.87. The summed E-state index contributed by atoms with van der Waals surface area (Å²) in [6, 6.07) is 4.87. The Morgan fingerprint density at radius 2 is 2.05 bits per heavy atom. The fourth-order valence-corrected chi connectivity index (χ4v) is 1.55. The average molecular weight is 281 g/mol. The third-order valence-corrected chi connectivity index (χ3v) is 2.46. The molecule has 0 aliphatic carbocycles. The van der Waals surface area contributed by atoms with Gasteiger partial charge in [-0.15, -0.1) is 0 Å². The van der Waals surface area contributed by atoms with Crippen molar-refractivity contribution in [2.75, 3.05) is 32.2 Å². The molecule has 5 nitrogen and oxygen atoms in total. The van der Waals surface area contributed by atoms with E-state index in [1.165, 1.54) is 0 Å². The molecule has 0 unspecified atom stereocenters. The first kappa shape index (κ1) is 16.3. The molecular weight excluding hydrogens is 258 g/mol. The maximum absolute atomic E-state index is 11.5. The lowest BCUT2D eigenvalue weighted by molar-refractivity contribution is 0.0526. The van der Waals surface area contributed by atoms with Gasteiger partial charge in [0.05, 0.1) is 24.5 Å². The first-order valence-corrected chi connectivity index (χ1v) is 6.81. The van der Waals surface area contributed by atoms with E-state index < -0.39 is 0 Å². The molecule has 0 heterocycles. The predicted octanol–water partition coefficient (Wildman–Crippen LogP) is 2.50. The average Bonchev–Trinajstić information content (AvgIpc) is 2.39. The van der Waals surface area contributed by atoms with Gasteiger partial charge >= 0.3 is 5.97 Å². The molecule has 1 rings (SSSR count). The fraction of sp³-hybridized carbons (Fsp3) is 0.533. The Balaban J connectivity index is 2.45. The number of nitrogens with two attached hydrogens (primary N) is 1. The van der Waals surface area contributed by atoms with Gasteiger partial charge in [-0.3, -0.25) is 0 Å². The molecule has 0 radical (unpaired) electrons. The van der Waals surface area contributed by atoms with Crippen molar-refractivity contribution >= 4 is 11.7 Å². The van der Waals surface area contributed by atoms with Gasteiger partial charge in [0, 0.05) is 6.61 Å². The first-order chi connectivity index (χ1) is 9.54. The van der Waals surface area contributed by atoms with E-state index in [1.807, 2.05) is 0 Å². The normalized spacial score (nSPS) is 10.6. The quantitative estimate of drug-likeness (QED) is 0.450. The Labute approximate surface area is 120 Å². The van der Waals surface area contributed by atoms with E-state index in [2.05, 4.69) is 13.8 Å². The predicted molar refractivity (Wildman–Crippen MR) is 78.0 cm³/mol. The molecule has 0 saturated heterocycles. The summed E-state index contributed by atoms with van der Waals surface area (Å²) in [5.74, 6) is 0.668. The fourth-order valence-electron chi connectivity index (χ4n) is 1.55. The zero-order chi connectivity index (χ0) is 15.0. The Hall–Kier alpha value is -1.75. The molecule has 0 aromatic heterocycles. The zero-order valence-electron chi connectivity index (χ0n) is 12.3. The van der Waals surface area contributed by atoms with Crippen molar-refractivity contribution in [2.45, 2.75) is 20.8 Å². The number of hydrogen-bond acceptors (Lipinski definition) is 5. The summed E-state index contributed by atoms with van der Waals surface area (Å²) in [7, 11) is 0. The molecular formula is C15H23NO4. The number of esters is 1. The Bertz CT molecular complexity index is 432. The highest BCUT2D eigenvalue weighted by Crippen LogP contribution is 2.22. The van der Waals surface area contributed by atoms with Crippen LogP contribution in [0.3, 0.4) is 0 Å². The monoisotopic (exact) mass is 281 g/mol. The van der Waals surface area contributed by atoms with E-state index in [1.54, 1.807) is 25.1 Å². The molecule has 1 aromatic rings. The van der Waals surface area contributed by atoms with Gasteiger partial charge in [0.1, 0.15) is 12.4 Å². The lowest BCUT2D eigenvalue weighted by atomic mass is 10.2. The van der Waals surface area contributed by atoms with Crippen LogP contribution in [0.15, 0.2) is 18.2 Å². The second-order valence-electron chi connectivity index (χ2n) is 4.79. The summed E-state index contributed by atoms with van der Waals surface area (Å²) >= 11 is 0. The number of ether oxygens (including phenoxy) is 3. The van der Waals surface area contributed by atoms with E-state index in [4.69, 9.17) is 19.9 Å². The third-order valence-electron chi connectivity index (χ3n) is 2.46. The van der Waals surface area contributed by atoms with Crippen LogP contribution in [0.25, 0.3) is 0 Å². The topological polar surface area (TPSA) is 70.8 Å². The smallest absolute Gasteiger partial charge is 0.338 e. The van der Waals surface area contributed by atoms with Gasteiger partial charge in [0.25, 0.3) is 0 Å². The zero-order valence-corrected chi connectivity index (χ0v) is 12.3. The maximum Gasteiger partial charge on any atom is 0.338 e.